The van der Waals surface area contributed by atoms with Gasteiger partial charge in [0, 0.05) is 18.5 Å². The molecule has 0 aromatic heterocycles. The summed E-state index contributed by atoms with van der Waals surface area (Å²) >= 11 is 0. The number of nitrogens with zero attached hydrogens (tertiary/aromatic N) is 1. The number of para-hydroxylation sites is 1. The molecule has 31 heavy (non-hydrogen) atoms. The molecule has 2 saturated heterocycles. The minimum atomic E-state index is -0.946. The molecular formula is C22H28N4O5. The number of fused-ring (bicyclic) bond motifs is 2. The Balaban J connectivity index is 1.41. The van der Waals surface area contributed by atoms with Crippen molar-refractivity contribution < 1.29 is 23.9 Å². The molecule has 3 aliphatic rings. The molecule has 3 fully saturated rings. The molecule has 4 rings (SSSR count). The highest BCUT2D eigenvalue weighted by Crippen LogP contribution is 2.42. The van der Waals surface area contributed by atoms with Gasteiger partial charge in [-0.3, -0.25) is 19.2 Å². The summed E-state index contributed by atoms with van der Waals surface area (Å²) in [6.07, 6.45) is 3.25. The van der Waals surface area contributed by atoms with Crippen LogP contribution in [0.15, 0.2) is 30.3 Å². The number of carbonyl (C=O) groups is 4. The monoisotopic (exact) mass is 428 g/mol. The molecule has 5 atom stereocenters. The van der Waals surface area contributed by atoms with Crippen LogP contribution in [0.1, 0.15) is 32.1 Å². The lowest BCUT2D eigenvalue weighted by molar-refractivity contribution is -0.145. The number of rotatable bonds is 8. The second-order valence-electron chi connectivity index (χ2n) is 8.55. The number of ether oxygens (including phenoxy) is 1. The molecule has 2 heterocycles. The van der Waals surface area contributed by atoms with E-state index in [0.717, 1.165) is 19.3 Å². The lowest BCUT2D eigenvalue weighted by atomic mass is 9.95. The minimum Gasteiger partial charge on any atom is -0.484 e. The van der Waals surface area contributed by atoms with Gasteiger partial charge in [-0.05, 0) is 50.2 Å². The van der Waals surface area contributed by atoms with E-state index in [1.165, 1.54) is 0 Å². The molecule has 4 amide bonds. The van der Waals surface area contributed by atoms with Crippen LogP contribution in [-0.4, -0.2) is 59.8 Å². The summed E-state index contributed by atoms with van der Waals surface area (Å²) < 4.78 is 5.59. The number of primary amides is 1. The highest BCUT2D eigenvalue weighted by molar-refractivity contribution is 5.93. The third kappa shape index (κ3) is 4.50. The van der Waals surface area contributed by atoms with Gasteiger partial charge in [-0.1, -0.05) is 18.2 Å². The van der Waals surface area contributed by atoms with Crippen molar-refractivity contribution in [2.24, 2.45) is 17.6 Å². The average Bonchev–Trinajstić information content (AvgIpc) is 3.48. The first-order valence-corrected chi connectivity index (χ1v) is 10.8. The van der Waals surface area contributed by atoms with Gasteiger partial charge < -0.3 is 26.0 Å². The van der Waals surface area contributed by atoms with Crippen molar-refractivity contribution in [3.05, 3.63) is 30.3 Å². The van der Waals surface area contributed by atoms with Crippen LogP contribution in [0.3, 0.4) is 0 Å². The smallest absolute Gasteiger partial charge is 0.261 e. The van der Waals surface area contributed by atoms with E-state index < -0.39 is 18.0 Å². The number of nitrogens with two attached hydrogens (primary N) is 1. The molecule has 4 N–H and O–H groups in total. The van der Waals surface area contributed by atoms with Gasteiger partial charge in [-0.25, -0.2) is 0 Å². The maximum absolute atomic E-state index is 13.1. The Morgan fingerprint density at radius 1 is 1.19 bits per heavy atom. The Labute approximate surface area is 180 Å². The molecule has 1 aliphatic carbocycles. The molecule has 0 spiro atoms. The number of hydrogen-bond donors (Lipinski definition) is 3. The maximum atomic E-state index is 13.1. The molecule has 0 unspecified atom stereocenters. The normalized spacial score (nSPS) is 27.6. The second-order valence-corrected chi connectivity index (χ2v) is 8.55. The first kappa shape index (κ1) is 21.1. The predicted molar refractivity (Wildman–Crippen MR) is 111 cm³/mol. The number of amides is 4. The van der Waals surface area contributed by atoms with Crippen LogP contribution in [0.5, 0.6) is 5.75 Å². The summed E-state index contributed by atoms with van der Waals surface area (Å²) in [5, 5.41) is 5.44. The van der Waals surface area contributed by atoms with Crippen LogP contribution in [0, 0.1) is 11.8 Å². The molecule has 1 saturated carbocycles. The largest absolute Gasteiger partial charge is 0.484 e. The maximum Gasteiger partial charge on any atom is 0.261 e. The lowest BCUT2D eigenvalue weighted by Crippen LogP contribution is -2.57. The number of hydrogen-bond acceptors (Lipinski definition) is 5. The average molecular weight is 428 g/mol. The molecular weight excluding hydrogens is 400 g/mol. The second kappa shape index (κ2) is 8.95. The van der Waals surface area contributed by atoms with E-state index >= 15 is 0 Å². The number of nitrogens with one attached hydrogen (secondary N) is 2. The molecule has 9 heteroatoms. The quantitative estimate of drug-likeness (QED) is 0.534. The lowest BCUT2D eigenvalue weighted by Gasteiger charge is -2.35. The highest BCUT2D eigenvalue weighted by atomic mass is 16.5. The van der Waals surface area contributed by atoms with Gasteiger partial charge in [0.25, 0.3) is 5.91 Å². The molecule has 1 aromatic carbocycles. The SMILES string of the molecule is NC(=O)[C@H](C[C@@H]1CCNC1=O)NC(=O)[C@@H]1[C@H]2CC[C@H](C2)N1C(=O)COc1ccccc1. The van der Waals surface area contributed by atoms with Gasteiger partial charge in [-0.15, -0.1) is 0 Å². The molecule has 0 radical (unpaired) electrons. The highest BCUT2D eigenvalue weighted by Gasteiger charge is 2.51. The van der Waals surface area contributed by atoms with Crippen LogP contribution in [0.4, 0.5) is 0 Å². The zero-order valence-electron chi connectivity index (χ0n) is 17.3. The van der Waals surface area contributed by atoms with Crippen LogP contribution in [0.25, 0.3) is 0 Å². The first-order valence-electron chi connectivity index (χ1n) is 10.8. The topological polar surface area (TPSA) is 131 Å². The molecule has 166 valence electrons. The summed E-state index contributed by atoms with van der Waals surface area (Å²) in [7, 11) is 0. The number of likely N-dealkylation sites (tertiary alicyclic amines) is 1. The van der Waals surface area contributed by atoms with E-state index in [4.69, 9.17) is 10.5 Å². The third-order valence-corrected chi connectivity index (χ3v) is 6.59. The van der Waals surface area contributed by atoms with Crippen LogP contribution >= 0.6 is 0 Å². The summed E-state index contributed by atoms with van der Waals surface area (Å²) in [6, 6.07) is 7.45. The van der Waals surface area contributed by atoms with Gasteiger partial charge in [-0.2, -0.15) is 0 Å². The van der Waals surface area contributed by atoms with Crippen molar-refractivity contribution in [3.63, 3.8) is 0 Å². The van der Waals surface area contributed by atoms with Crippen LogP contribution in [-0.2, 0) is 19.2 Å². The van der Waals surface area contributed by atoms with Crippen molar-refractivity contribution in [3.8, 4) is 5.75 Å². The van der Waals surface area contributed by atoms with E-state index in [9.17, 15) is 19.2 Å². The Kier molecular flexibility index (Phi) is 6.11. The van der Waals surface area contributed by atoms with Crippen molar-refractivity contribution >= 4 is 23.6 Å². The van der Waals surface area contributed by atoms with E-state index in [1.54, 1.807) is 17.0 Å². The fraction of sp³-hybridized carbons (Fsp3) is 0.545. The Morgan fingerprint density at radius 3 is 2.65 bits per heavy atom. The van der Waals surface area contributed by atoms with E-state index in [0.29, 0.717) is 18.7 Å². The van der Waals surface area contributed by atoms with E-state index in [-0.39, 0.29) is 48.6 Å². The van der Waals surface area contributed by atoms with Gasteiger partial charge >= 0.3 is 0 Å². The minimum absolute atomic E-state index is 0.000242. The van der Waals surface area contributed by atoms with Gasteiger partial charge in [0.15, 0.2) is 6.61 Å². The predicted octanol–water partition coefficient (Wildman–Crippen LogP) is -0.0588. The Morgan fingerprint density at radius 2 is 1.97 bits per heavy atom. The van der Waals surface area contributed by atoms with Crippen LogP contribution < -0.4 is 21.1 Å². The summed E-state index contributed by atoms with van der Waals surface area (Å²) in [5.41, 5.74) is 5.50. The first-order chi connectivity index (χ1) is 14.9. The third-order valence-electron chi connectivity index (χ3n) is 6.59. The number of benzene rings is 1. The summed E-state index contributed by atoms with van der Waals surface area (Å²) in [6.45, 7) is 0.400. The van der Waals surface area contributed by atoms with Gasteiger partial charge in [0.05, 0.1) is 0 Å². The van der Waals surface area contributed by atoms with E-state index in [2.05, 4.69) is 10.6 Å². The number of carbonyl (C=O) groups excluding carboxylic acids is 4. The number of piperidine rings is 1. The van der Waals surface area contributed by atoms with E-state index in [1.807, 2.05) is 18.2 Å². The summed E-state index contributed by atoms with van der Waals surface area (Å²) in [5.74, 6) is -1.16. The van der Waals surface area contributed by atoms with Crippen molar-refractivity contribution in [1.29, 1.82) is 0 Å². The molecule has 2 bridgehead atoms. The standard InChI is InChI=1S/C22H28N4O5/c23-20(28)17(11-14-8-9-24-21(14)29)25-22(30)19-13-6-7-15(10-13)26(19)18(27)12-31-16-4-2-1-3-5-16/h1-5,13-15,17,19H,6-12H2,(H2,23,28)(H,24,29)(H,25,30)/t13-,14-,15+,17-,19-/m0/s1. The summed E-state index contributed by atoms with van der Waals surface area (Å²) in [4.78, 5) is 51.5. The Bertz CT molecular complexity index is 861. The molecule has 2 aliphatic heterocycles. The van der Waals surface area contributed by atoms with Crippen molar-refractivity contribution in [1.82, 2.24) is 15.5 Å². The fourth-order valence-corrected chi connectivity index (χ4v) is 5.08. The molecule has 1 aromatic rings. The van der Waals surface area contributed by atoms with Gasteiger partial charge in [0.1, 0.15) is 17.8 Å². The Hall–Kier alpha value is -3.10. The van der Waals surface area contributed by atoms with Crippen molar-refractivity contribution in [2.75, 3.05) is 13.2 Å². The zero-order chi connectivity index (χ0) is 22.0. The molecule has 9 nitrogen and oxygen atoms in total. The fourth-order valence-electron chi connectivity index (χ4n) is 5.08. The zero-order valence-corrected chi connectivity index (χ0v) is 17.3. The van der Waals surface area contributed by atoms with Crippen LogP contribution in [0.2, 0.25) is 0 Å². The van der Waals surface area contributed by atoms with Crippen molar-refractivity contribution in [2.45, 2.75) is 50.2 Å². The van der Waals surface area contributed by atoms with Gasteiger partial charge in [0.2, 0.25) is 17.7 Å².